The number of ether oxygens (including phenoxy) is 1. The highest BCUT2D eigenvalue weighted by Crippen LogP contribution is 2.19. The smallest absolute Gasteiger partial charge is 0.325 e. The monoisotopic (exact) mass is 417 g/mol. The number of methoxy groups -OCH3 is 1. The molecule has 0 atom stereocenters. The zero-order valence-corrected chi connectivity index (χ0v) is 16.3. The number of nitrogens with zero attached hydrogens (tertiary/aromatic N) is 2. The average Bonchev–Trinajstić information content (AvgIpc) is 3.10. The molecule has 3 amide bonds. The van der Waals surface area contributed by atoms with Crippen LogP contribution in [0.15, 0.2) is 48.5 Å². The molecule has 0 saturated carbocycles. The van der Waals surface area contributed by atoms with Gasteiger partial charge in [-0.2, -0.15) is 0 Å². The van der Waals surface area contributed by atoms with Gasteiger partial charge in [0.25, 0.3) is 0 Å². The van der Waals surface area contributed by atoms with Crippen molar-refractivity contribution in [1.82, 2.24) is 10.2 Å². The second-order valence-corrected chi connectivity index (χ2v) is 7.04. The van der Waals surface area contributed by atoms with E-state index < -0.39 is 6.03 Å². The van der Waals surface area contributed by atoms with Crippen LogP contribution in [0, 0.1) is 0 Å². The van der Waals surface area contributed by atoms with E-state index in [0.717, 1.165) is 11.3 Å². The lowest BCUT2D eigenvalue weighted by Crippen LogP contribution is -2.19. The maximum absolute atomic E-state index is 12.1. The number of hydrogen-bond acceptors (Lipinski definition) is 6. The zero-order chi connectivity index (χ0) is 19.9. The van der Waals surface area contributed by atoms with Crippen LogP contribution in [0.2, 0.25) is 5.02 Å². The first-order valence-corrected chi connectivity index (χ1v) is 9.31. The van der Waals surface area contributed by atoms with Crippen molar-refractivity contribution in [1.29, 1.82) is 0 Å². The van der Waals surface area contributed by atoms with Crippen molar-refractivity contribution < 1.29 is 14.3 Å². The summed E-state index contributed by atoms with van der Waals surface area (Å²) in [6.07, 6.45) is 0.0458. The molecule has 0 radical (unpaired) electrons. The van der Waals surface area contributed by atoms with E-state index in [1.54, 1.807) is 55.6 Å². The van der Waals surface area contributed by atoms with Gasteiger partial charge in [0.05, 0.1) is 13.5 Å². The standard InChI is InChI=1S/C18H16ClN5O3S/c1-27-14-8-6-12(7-9-14)20-15(25)10-16-23-24-18(28-16)22-17(26)21-13-4-2-11(19)3-5-13/h2-9H,10H2,1H3,(H,20,25)(H2,21,22,24,26). The molecule has 0 saturated heterocycles. The van der Waals surface area contributed by atoms with Gasteiger partial charge in [-0.3, -0.25) is 10.1 Å². The van der Waals surface area contributed by atoms with Crippen LogP contribution in [0.5, 0.6) is 5.75 Å². The molecule has 2 aromatic carbocycles. The Morgan fingerprint density at radius 3 is 2.29 bits per heavy atom. The third-order valence-electron chi connectivity index (χ3n) is 3.47. The van der Waals surface area contributed by atoms with Crippen LogP contribution in [0.1, 0.15) is 5.01 Å². The van der Waals surface area contributed by atoms with Crippen molar-refractivity contribution in [3.8, 4) is 5.75 Å². The molecule has 0 aliphatic heterocycles. The lowest BCUT2D eigenvalue weighted by Gasteiger charge is -2.05. The predicted octanol–water partition coefficient (Wildman–Crippen LogP) is 4.03. The molecule has 8 nitrogen and oxygen atoms in total. The summed E-state index contributed by atoms with van der Waals surface area (Å²) in [5.41, 5.74) is 1.24. The zero-order valence-electron chi connectivity index (χ0n) is 14.7. The molecule has 0 unspecified atom stereocenters. The molecule has 3 rings (SSSR count). The number of amides is 3. The first kappa shape index (κ1) is 19.6. The first-order valence-electron chi connectivity index (χ1n) is 8.11. The van der Waals surface area contributed by atoms with Crippen molar-refractivity contribution in [3.63, 3.8) is 0 Å². The number of anilines is 3. The van der Waals surface area contributed by atoms with Gasteiger partial charge in [0.2, 0.25) is 11.0 Å². The van der Waals surface area contributed by atoms with Crippen LogP contribution < -0.4 is 20.7 Å². The number of hydrogen-bond donors (Lipinski definition) is 3. The summed E-state index contributed by atoms with van der Waals surface area (Å²) in [5.74, 6) is 0.466. The van der Waals surface area contributed by atoms with E-state index in [4.69, 9.17) is 16.3 Å². The molecule has 3 aromatic rings. The Morgan fingerprint density at radius 2 is 1.61 bits per heavy atom. The third kappa shape index (κ3) is 5.66. The summed E-state index contributed by atoms with van der Waals surface area (Å²) in [4.78, 5) is 24.1. The Kier molecular flexibility index (Phi) is 6.41. The van der Waals surface area contributed by atoms with Gasteiger partial charge in [-0.25, -0.2) is 4.79 Å². The molecule has 0 aliphatic carbocycles. The minimum absolute atomic E-state index is 0.0458. The number of carbonyl (C=O) groups is 2. The molecular formula is C18H16ClN5O3S. The summed E-state index contributed by atoms with van der Waals surface area (Å²) in [5, 5.41) is 17.1. The van der Waals surface area contributed by atoms with Crippen LogP contribution in [-0.4, -0.2) is 29.2 Å². The fourth-order valence-electron chi connectivity index (χ4n) is 2.19. The Labute approximate surface area is 169 Å². The second kappa shape index (κ2) is 9.16. The highest BCUT2D eigenvalue weighted by molar-refractivity contribution is 7.15. The van der Waals surface area contributed by atoms with Gasteiger partial charge < -0.3 is 15.4 Å². The molecule has 1 aromatic heterocycles. The molecule has 144 valence electrons. The Morgan fingerprint density at radius 1 is 0.964 bits per heavy atom. The topological polar surface area (TPSA) is 105 Å². The summed E-state index contributed by atoms with van der Waals surface area (Å²) >= 11 is 6.93. The van der Waals surface area contributed by atoms with E-state index in [1.165, 1.54) is 0 Å². The highest BCUT2D eigenvalue weighted by Gasteiger charge is 2.12. The van der Waals surface area contributed by atoms with Gasteiger partial charge in [0.1, 0.15) is 10.8 Å². The number of rotatable bonds is 6. The second-order valence-electron chi connectivity index (χ2n) is 5.54. The Bertz CT molecular complexity index is 960. The fraction of sp³-hybridized carbons (Fsp3) is 0.111. The van der Waals surface area contributed by atoms with Gasteiger partial charge >= 0.3 is 6.03 Å². The van der Waals surface area contributed by atoms with Crippen LogP contribution in [0.4, 0.5) is 21.3 Å². The average molecular weight is 418 g/mol. The van der Waals surface area contributed by atoms with E-state index in [0.29, 0.717) is 32.3 Å². The normalized spacial score (nSPS) is 10.2. The Balaban J connectivity index is 1.50. The van der Waals surface area contributed by atoms with Crippen LogP contribution >= 0.6 is 22.9 Å². The van der Waals surface area contributed by atoms with Crippen molar-refractivity contribution in [3.05, 3.63) is 58.6 Å². The fourth-order valence-corrected chi connectivity index (χ4v) is 3.04. The molecule has 3 N–H and O–H groups in total. The Hall–Kier alpha value is -3.17. The van der Waals surface area contributed by atoms with Gasteiger partial charge in [-0.1, -0.05) is 22.9 Å². The van der Waals surface area contributed by atoms with Crippen molar-refractivity contribution in [2.45, 2.75) is 6.42 Å². The first-order chi connectivity index (χ1) is 13.5. The van der Waals surface area contributed by atoms with E-state index >= 15 is 0 Å². The van der Waals surface area contributed by atoms with E-state index in [-0.39, 0.29) is 12.3 Å². The lowest BCUT2D eigenvalue weighted by atomic mass is 10.3. The number of urea groups is 1. The molecule has 10 heteroatoms. The minimum atomic E-state index is -0.465. The van der Waals surface area contributed by atoms with Crippen LogP contribution in [-0.2, 0) is 11.2 Å². The van der Waals surface area contributed by atoms with Gasteiger partial charge in [-0.15, -0.1) is 10.2 Å². The molecule has 28 heavy (non-hydrogen) atoms. The number of aromatic nitrogens is 2. The SMILES string of the molecule is COc1ccc(NC(=O)Cc2nnc(NC(=O)Nc3ccc(Cl)cc3)s2)cc1. The van der Waals surface area contributed by atoms with Gasteiger partial charge in [0, 0.05) is 16.4 Å². The molecule has 1 heterocycles. The van der Waals surface area contributed by atoms with E-state index in [2.05, 4.69) is 26.1 Å². The maximum atomic E-state index is 12.1. The van der Waals surface area contributed by atoms with E-state index in [1.807, 2.05) is 0 Å². The largest absolute Gasteiger partial charge is 0.497 e. The predicted molar refractivity (Wildman–Crippen MR) is 109 cm³/mol. The quantitative estimate of drug-likeness (QED) is 0.561. The number of nitrogens with one attached hydrogen (secondary N) is 3. The maximum Gasteiger partial charge on any atom is 0.325 e. The summed E-state index contributed by atoms with van der Waals surface area (Å²) in [6, 6.07) is 13.2. The molecular weight excluding hydrogens is 402 g/mol. The summed E-state index contributed by atoms with van der Waals surface area (Å²) < 4.78 is 5.07. The van der Waals surface area contributed by atoms with Crippen LogP contribution in [0.3, 0.4) is 0 Å². The van der Waals surface area contributed by atoms with Crippen molar-refractivity contribution >= 4 is 51.4 Å². The van der Waals surface area contributed by atoms with Crippen molar-refractivity contribution in [2.75, 3.05) is 23.1 Å². The minimum Gasteiger partial charge on any atom is -0.497 e. The molecule has 0 bridgehead atoms. The summed E-state index contributed by atoms with van der Waals surface area (Å²) in [7, 11) is 1.57. The number of benzene rings is 2. The number of halogens is 1. The molecule has 0 aliphatic rings. The summed E-state index contributed by atoms with van der Waals surface area (Å²) in [6.45, 7) is 0. The lowest BCUT2D eigenvalue weighted by molar-refractivity contribution is -0.115. The number of carbonyl (C=O) groups excluding carboxylic acids is 2. The van der Waals surface area contributed by atoms with E-state index in [9.17, 15) is 9.59 Å². The van der Waals surface area contributed by atoms with Gasteiger partial charge in [-0.05, 0) is 48.5 Å². The molecule has 0 spiro atoms. The van der Waals surface area contributed by atoms with Crippen LogP contribution in [0.25, 0.3) is 0 Å². The van der Waals surface area contributed by atoms with Gasteiger partial charge in [0.15, 0.2) is 0 Å². The van der Waals surface area contributed by atoms with Crippen molar-refractivity contribution in [2.24, 2.45) is 0 Å². The third-order valence-corrected chi connectivity index (χ3v) is 4.57. The highest BCUT2D eigenvalue weighted by atomic mass is 35.5. The molecule has 0 fully saturated rings.